The van der Waals surface area contributed by atoms with Gasteiger partial charge in [0.15, 0.2) is 0 Å². The molecule has 6 rings (SSSR count). The summed E-state index contributed by atoms with van der Waals surface area (Å²) in [5, 5.41) is 48.7. The molecule has 0 spiro atoms. The van der Waals surface area contributed by atoms with Crippen LogP contribution in [-0.4, -0.2) is 67.5 Å². The molecule has 0 aromatic heterocycles. The SMILES string of the molecule is CC(OC(=O)c1ccccc1)[C@@]1(O)CC[C@]2(O)[C@]1(C)C(OC(=O)c1ccccc1)C[C@@H]1[C@@]3(C)CCC(O)CC3CC[C@]12O. The Morgan fingerprint density at radius 3 is 2.05 bits per heavy atom. The van der Waals surface area contributed by atoms with Crippen LogP contribution in [0.2, 0.25) is 0 Å². The molecular formula is C35H44O8. The van der Waals surface area contributed by atoms with Gasteiger partial charge in [-0.25, -0.2) is 9.59 Å². The normalized spacial score (nSPS) is 42.6. The van der Waals surface area contributed by atoms with E-state index < -0.39 is 63.8 Å². The van der Waals surface area contributed by atoms with Crippen LogP contribution in [0.4, 0.5) is 0 Å². The molecular weight excluding hydrogens is 548 g/mol. The summed E-state index contributed by atoms with van der Waals surface area (Å²) < 4.78 is 12.1. The molecule has 8 nitrogen and oxygen atoms in total. The van der Waals surface area contributed by atoms with Crippen LogP contribution in [0.15, 0.2) is 60.7 Å². The van der Waals surface area contributed by atoms with Crippen LogP contribution in [0.25, 0.3) is 0 Å². The van der Waals surface area contributed by atoms with E-state index in [0.717, 1.165) is 0 Å². The lowest BCUT2D eigenvalue weighted by molar-refractivity contribution is -0.340. The summed E-state index contributed by atoms with van der Waals surface area (Å²) in [5.74, 6) is -1.49. The lowest BCUT2D eigenvalue weighted by Gasteiger charge is -2.69. The minimum Gasteiger partial charge on any atom is -0.458 e. The Kier molecular flexibility index (Phi) is 7.32. The van der Waals surface area contributed by atoms with Crippen molar-refractivity contribution in [2.45, 2.75) is 107 Å². The lowest BCUT2D eigenvalue weighted by atomic mass is 9.40. The first-order chi connectivity index (χ1) is 20.3. The maximum Gasteiger partial charge on any atom is 0.338 e. The Morgan fingerprint density at radius 1 is 0.814 bits per heavy atom. The Morgan fingerprint density at radius 2 is 1.42 bits per heavy atom. The number of aliphatic hydroxyl groups excluding tert-OH is 1. The zero-order valence-electron chi connectivity index (χ0n) is 25.2. The fourth-order valence-corrected chi connectivity index (χ4v) is 9.75. The van der Waals surface area contributed by atoms with Gasteiger partial charge in [-0.2, -0.15) is 0 Å². The molecule has 2 aromatic rings. The quantitative estimate of drug-likeness (QED) is 0.375. The molecule has 0 saturated heterocycles. The molecule has 4 unspecified atom stereocenters. The Hall–Kier alpha value is -2.78. The number of esters is 2. The van der Waals surface area contributed by atoms with E-state index in [-0.39, 0.29) is 25.2 Å². The average molecular weight is 593 g/mol. The third kappa shape index (κ3) is 4.24. The molecule has 0 bridgehead atoms. The summed E-state index contributed by atoms with van der Waals surface area (Å²) in [6, 6.07) is 17.1. The number of fused-ring (bicyclic) bond motifs is 5. The van der Waals surface area contributed by atoms with E-state index in [9.17, 15) is 30.0 Å². The van der Waals surface area contributed by atoms with Crippen molar-refractivity contribution >= 4 is 11.9 Å². The Labute approximate surface area is 253 Å². The first-order valence-corrected chi connectivity index (χ1v) is 15.7. The van der Waals surface area contributed by atoms with Gasteiger partial charge in [-0.1, -0.05) is 50.2 Å². The number of rotatable bonds is 5. The molecule has 4 fully saturated rings. The fourth-order valence-electron chi connectivity index (χ4n) is 9.75. The standard InChI is InChI=1S/C35H44O8/c1-22(42-29(37)23-10-6-4-7-11-23)33(39)18-19-35(41)32(33,3)28(43-30(38)24-12-8-5-9-13-24)21-27-31(2)16-15-26(36)20-25(31)14-17-34(27,35)40/h4-13,22,25-28,36,39-41H,14-21H2,1-3H3/t22?,25?,26?,27-,28?,31+,32-,33+,34+,35+/m1/s1. The molecule has 4 N–H and O–H groups in total. The van der Waals surface area contributed by atoms with E-state index in [1.54, 1.807) is 74.5 Å². The third-order valence-electron chi connectivity index (χ3n) is 12.4. The third-order valence-corrected chi connectivity index (χ3v) is 12.4. The summed E-state index contributed by atoms with van der Waals surface area (Å²) in [4.78, 5) is 26.7. The zero-order valence-corrected chi connectivity index (χ0v) is 25.2. The van der Waals surface area contributed by atoms with E-state index in [1.165, 1.54) is 0 Å². The van der Waals surface area contributed by atoms with Gasteiger partial charge in [0.25, 0.3) is 0 Å². The molecule has 2 aromatic carbocycles. The molecule has 4 aliphatic carbocycles. The van der Waals surface area contributed by atoms with Crippen LogP contribution in [-0.2, 0) is 9.47 Å². The average Bonchev–Trinajstić information content (AvgIpc) is 3.23. The number of carbonyl (C=O) groups is 2. The number of benzene rings is 2. The van der Waals surface area contributed by atoms with Crippen LogP contribution in [0.3, 0.4) is 0 Å². The summed E-state index contributed by atoms with van der Waals surface area (Å²) in [6.45, 7) is 5.42. The minimum absolute atomic E-state index is 0.0382. The summed E-state index contributed by atoms with van der Waals surface area (Å²) in [7, 11) is 0. The molecule has 8 heteroatoms. The van der Waals surface area contributed by atoms with Crippen LogP contribution in [0, 0.1) is 22.7 Å². The van der Waals surface area contributed by atoms with Gasteiger partial charge in [-0.3, -0.25) is 0 Å². The number of aliphatic hydroxyl groups is 4. The molecule has 0 heterocycles. The summed E-state index contributed by atoms with van der Waals surface area (Å²) in [6.07, 6.45) is 0.645. The molecule has 0 radical (unpaired) electrons. The second-order valence-corrected chi connectivity index (χ2v) is 14.0. The van der Waals surface area contributed by atoms with Crippen molar-refractivity contribution < 1.29 is 39.5 Å². The highest BCUT2D eigenvalue weighted by Crippen LogP contribution is 2.72. The van der Waals surface area contributed by atoms with Gasteiger partial charge in [0, 0.05) is 0 Å². The maximum absolute atomic E-state index is 13.6. The molecule has 232 valence electrons. The summed E-state index contributed by atoms with van der Waals surface area (Å²) >= 11 is 0. The highest BCUT2D eigenvalue weighted by Gasteiger charge is 2.82. The maximum atomic E-state index is 13.6. The number of carbonyl (C=O) groups excluding carboxylic acids is 2. The van der Waals surface area contributed by atoms with Crippen LogP contribution >= 0.6 is 0 Å². The number of hydrogen-bond donors (Lipinski definition) is 4. The molecule has 0 aliphatic heterocycles. The van der Waals surface area contributed by atoms with Crippen LogP contribution in [0.5, 0.6) is 0 Å². The van der Waals surface area contributed by atoms with Gasteiger partial charge in [0.1, 0.15) is 23.4 Å². The second kappa shape index (κ2) is 10.4. The highest BCUT2D eigenvalue weighted by atomic mass is 16.6. The van der Waals surface area contributed by atoms with E-state index in [1.807, 2.05) is 0 Å². The monoisotopic (exact) mass is 592 g/mol. The number of ether oxygens (including phenoxy) is 2. The van der Waals surface area contributed by atoms with Crippen molar-refractivity contribution in [3.05, 3.63) is 71.8 Å². The minimum atomic E-state index is -1.85. The van der Waals surface area contributed by atoms with Gasteiger partial charge in [-0.15, -0.1) is 0 Å². The van der Waals surface area contributed by atoms with Gasteiger partial charge in [-0.05, 0) is 99.8 Å². The van der Waals surface area contributed by atoms with Crippen molar-refractivity contribution in [1.29, 1.82) is 0 Å². The van der Waals surface area contributed by atoms with Crippen LogP contribution < -0.4 is 0 Å². The van der Waals surface area contributed by atoms with E-state index in [0.29, 0.717) is 43.2 Å². The molecule has 0 amide bonds. The molecule has 4 saturated carbocycles. The second-order valence-electron chi connectivity index (χ2n) is 14.0. The van der Waals surface area contributed by atoms with Crippen molar-refractivity contribution in [3.63, 3.8) is 0 Å². The van der Waals surface area contributed by atoms with Gasteiger partial charge < -0.3 is 29.9 Å². The van der Waals surface area contributed by atoms with Gasteiger partial charge >= 0.3 is 11.9 Å². The smallest absolute Gasteiger partial charge is 0.338 e. The summed E-state index contributed by atoms with van der Waals surface area (Å²) in [5.41, 5.74) is -6.58. The Balaban J connectivity index is 1.42. The van der Waals surface area contributed by atoms with Gasteiger partial charge in [0.2, 0.25) is 0 Å². The Bertz CT molecular complexity index is 1370. The predicted molar refractivity (Wildman–Crippen MR) is 158 cm³/mol. The van der Waals surface area contributed by atoms with E-state index >= 15 is 0 Å². The predicted octanol–water partition coefficient (Wildman–Crippen LogP) is 4.43. The molecule has 43 heavy (non-hydrogen) atoms. The van der Waals surface area contributed by atoms with Crippen LogP contribution in [0.1, 0.15) is 92.9 Å². The van der Waals surface area contributed by atoms with Gasteiger partial charge in [0.05, 0.1) is 28.2 Å². The highest BCUT2D eigenvalue weighted by molar-refractivity contribution is 5.90. The molecule has 4 aliphatic rings. The van der Waals surface area contributed by atoms with Crippen molar-refractivity contribution in [2.24, 2.45) is 22.7 Å². The topological polar surface area (TPSA) is 134 Å². The number of hydrogen-bond acceptors (Lipinski definition) is 8. The first kappa shape index (κ1) is 30.3. The lowest BCUT2D eigenvalue weighted by Crippen LogP contribution is -2.79. The zero-order chi connectivity index (χ0) is 30.8. The van der Waals surface area contributed by atoms with Crippen molar-refractivity contribution in [2.75, 3.05) is 0 Å². The van der Waals surface area contributed by atoms with Crippen molar-refractivity contribution in [3.8, 4) is 0 Å². The largest absolute Gasteiger partial charge is 0.458 e. The van der Waals surface area contributed by atoms with Crippen molar-refractivity contribution in [1.82, 2.24) is 0 Å². The first-order valence-electron chi connectivity index (χ1n) is 15.7. The molecule has 10 atom stereocenters. The van der Waals surface area contributed by atoms with E-state index in [2.05, 4.69) is 6.92 Å². The fraction of sp³-hybridized carbons (Fsp3) is 0.600. The van der Waals surface area contributed by atoms with E-state index in [4.69, 9.17) is 9.47 Å².